The maximum absolute atomic E-state index is 13.8. The van der Waals surface area contributed by atoms with Gasteiger partial charge in [-0.3, -0.25) is 9.59 Å². The van der Waals surface area contributed by atoms with Crippen molar-refractivity contribution in [2.45, 2.75) is 59.4 Å². The SMILES string of the molecule is CC1(C)C(C(=O)N2CCC(c3nc(C(=O)N4CCc5[nH]c6ccc(F)cc6c5C4)cs3)CC2)C1(C)C. The van der Waals surface area contributed by atoms with E-state index >= 15 is 0 Å². The fraction of sp³-hybridized carbons (Fsp3) is 0.536. The Kier molecular flexibility index (Phi) is 5.34. The van der Waals surface area contributed by atoms with E-state index in [0.29, 0.717) is 24.7 Å². The topological polar surface area (TPSA) is 69.3 Å². The third-order valence-corrected chi connectivity index (χ3v) is 10.4. The Bertz CT molecular complexity index is 1350. The first-order valence-electron chi connectivity index (χ1n) is 12.9. The van der Waals surface area contributed by atoms with E-state index in [1.165, 1.54) is 6.07 Å². The molecule has 2 aliphatic heterocycles. The zero-order valence-corrected chi connectivity index (χ0v) is 22.2. The first kappa shape index (κ1) is 23.6. The summed E-state index contributed by atoms with van der Waals surface area (Å²) in [6.07, 6.45) is 2.48. The number of hydrogen-bond donors (Lipinski definition) is 1. The molecule has 3 aliphatic rings. The molecule has 2 amide bonds. The average Bonchev–Trinajstić information content (AvgIpc) is 3.29. The number of aromatic amines is 1. The van der Waals surface area contributed by atoms with E-state index < -0.39 is 0 Å². The van der Waals surface area contributed by atoms with Gasteiger partial charge in [0.2, 0.25) is 5.91 Å². The van der Waals surface area contributed by atoms with Gasteiger partial charge in [-0.1, -0.05) is 27.7 Å². The molecular weight excluding hydrogens is 475 g/mol. The Labute approximate surface area is 214 Å². The maximum atomic E-state index is 13.8. The van der Waals surface area contributed by atoms with Crippen LogP contribution in [0.25, 0.3) is 10.9 Å². The van der Waals surface area contributed by atoms with Crippen LogP contribution in [0.5, 0.6) is 0 Å². The Balaban J connectivity index is 1.10. The molecule has 2 aromatic heterocycles. The van der Waals surface area contributed by atoms with E-state index in [4.69, 9.17) is 4.98 Å². The smallest absolute Gasteiger partial charge is 0.273 e. The third kappa shape index (κ3) is 3.59. The summed E-state index contributed by atoms with van der Waals surface area (Å²) in [5, 5.41) is 3.71. The minimum absolute atomic E-state index is 0.0571. The number of piperidine rings is 1. The maximum Gasteiger partial charge on any atom is 0.273 e. The van der Waals surface area contributed by atoms with Gasteiger partial charge in [0.1, 0.15) is 11.5 Å². The van der Waals surface area contributed by atoms with Crippen LogP contribution in [0, 0.1) is 22.6 Å². The Hall–Kier alpha value is -2.74. The summed E-state index contributed by atoms with van der Waals surface area (Å²) in [6, 6.07) is 4.76. The number of hydrogen-bond acceptors (Lipinski definition) is 4. The van der Waals surface area contributed by atoms with Crippen molar-refractivity contribution in [1.82, 2.24) is 19.8 Å². The van der Waals surface area contributed by atoms with E-state index in [2.05, 4.69) is 32.7 Å². The minimum atomic E-state index is -0.269. The molecule has 0 unspecified atom stereocenters. The van der Waals surface area contributed by atoms with Crippen molar-refractivity contribution in [2.24, 2.45) is 16.7 Å². The van der Waals surface area contributed by atoms with Gasteiger partial charge < -0.3 is 14.8 Å². The number of thiazole rings is 1. The summed E-state index contributed by atoms with van der Waals surface area (Å²) in [5.74, 6) is 0.337. The Morgan fingerprint density at radius 1 is 1.08 bits per heavy atom. The molecule has 4 heterocycles. The molecule has 0 bridgehead atoms. The average molecular weight is 509 g/mol. The zero-order chi connectivity index (χ0) is 25.4. The molecule has 6 rings (SSSR count). The highest BCUT2D eigenvalue weighted by Gasteiger charge is 2.68. The lowest BCUT2D eigenvalue weighted by atomic mass is 9.96. The summed E-state index contributed by atoms with van der Waals surface area (Å²) in [6.45, 7) is 11.3. The number of rotatable bonds is 3. The number of benzene rings is 1. The molecule has 0 atom stereocenters. The molecule has 3 aromatic rings. The van der Waals surface area contributed by atoms with E-state index in [0.717, 1.165) is 59.5 Å². The first-order valence-corrected chi connectivity index (χ1v) is 13.8. The summed E-state index contributed by atoms with van der Waals surface area (Å²) in [7, 11) is 0. The monoisotopic (exact) mass is 508 g/mol. The van der Waals surface area contributed by atoms with Gasteiger partial charge in [-0.2, -0.15) is 0 Å². The number of carbonyl (C=O) groups is 2. The summed E-state index contributed by atoms with van der Waals surface area (Å²) >= 11 is 1.55. The van der Waals surface area contributed by atoms with Crippen LogP contribution in [0.3, 0.4) is 0 Å². The number of amides is 2. The fourth-order valence-electron chi connectivity index (χ4n) is 6.44. The minimum Gasteiger partial charge on any atom is -0.358 e. The summed E-state index contributed by atoms with van der Waals surface area (Å²) < 4.78 is 13.8. The molecular formula is C28H33FN4O2S. The van der Waals surface area contributed by atoms with Crippen molar-refractivity contribution >= 4 is 34.1 Å². The van der Waals surface area contributed by atoms with Gasteiger partial charge in [0.05, 0.1) is 5.01 Å². The van der Waals surface area contributed by atoms with Gasteiger partial charge in [0.25, 0.3) is 5.91 Å². The first-order chi connectivity index (χ1) is 17.1. The largest absolute Gasteiger partial charge is 0.358 e. The Morgan fingerprint density at radius 3 is 2.50 bits per heavy atom. The van der Waals surface area contributed by atoms with Gasteiger partial charge in [0.15, 0.2) is 0 Å². The van der Waals surface area contributed by atoms with Crippen LogP contribution in [0.4, 0.5) is 4.39 Å². The van der Waals surface area contributed by atoms with Crippen molar-refractivity contribution < 1.29 is 14.0 Å². The second-order valence-electron chi connectivity index (χ2n) is 11.8. The molecule has 8 heteroatoms. The molecule has 36 heavy (non-hydrogen) atoms. The second kappa shape index (κ2) is 8.13. The lowest BCUT2D eigenvalue weighted by molar-refractivity contribution is -0.134. The van der Waals surface area contributed by atoms with Crippen molar-refractivity contribution in [3.05, 3.63) is 51.4 Å². The fourth-order valence-corrected chi connectivity index (χ4v) is 7.40. The van der Waals surface area contributed by atoms with E-state index in [1.54, 1.807) is 23.5 Å². The van der Waals surface area contributed by atoms with Crippen LogP contribution in [0.15, 0.2) is 23.6 Å². The van der Waals surface area contributed by atoms with Crippen molar-refractivity contribution in [3.63, 3.8) is 0 Å². The van der Waals surface area contributed by atoms with Crippen LogP contribution in [-0.2, 0) is 17.8 Å². The molecule has 0 radical (unpaired) electrons. The molecule has 190 valence electrons. The van der Waals surface area contributed by atoms with Gasteiger partial charge in [-0.05, 0) is 41.9 Å². The molecule has 1 aromatic carbocycles. The predicted octanol–water partition coefficient (Wildman–Crippen LogP) is 5.35. The van der Waals surface area contributed by atoms with Crippen molar-refractivity contribution in [3.8, 4) is 0 Å². The molecule has 1 aliphatic carbocycles. The van der Waals surface area contributed by atoms with Crippen LogP contribution in [-0.4, -0.2) is 51.2 Å². The molecule has 2 fully saturated rings. The molecule has 1 saturated carbocycles. The molecule has 0 spiro atoms. The zero-order valence-electron chi connectivity index (χ0n) is 21.4. The number of carbonyl (C=O) groups excluding carboxylic acids is 2. The van der Waals surface area contributed by atoms with E-state index in [9.17, 15) is 14.0 Å². The quantitative estimate of drug-likeness (QED) is 0.519. The van der Waals surface area contributed by atoms with E-state index in [1.807, 2.05) is 15.2 Å². The standard InChI is InChI=1S/C28H33FN4O2S/c1-27(2)23(28(27,3)4)26(35)32-10-7-16(8-11-32)24-31-22(15-36-24)25(34)33-12-9-21-19(14-33)18-13-17(29)5-6-20(18)30-21/h5-6,13,15-16,23,30H,7-12,14H2,1-4H3. The summed E-state index contributed by atoms with van der Waals surface area (Å²) in [5.41, 5.74) is 3.59. The third-order valence-electron chi connectivity index (χ3n) is 9.39. The van der Waals surface area contributed by atoms with Crippen molar-refractivity contribution in [1.29, 1.82) is 0 Å². The lowest BCUT2D eigenvalue weighted by Crippen LogP contribution is -2.40. The normalized spacial score (nSPS) is 21.6. The summed E-state index contributed by atoms with van der Waals surface area (Å²) in [4.78, 5) is 38.4. The number of halogens is 1. The number of likely N-dealkylation sites (tertiary alicyclic amines) is 1. The number of nitrogens with one attached hydrogen (secondary N) is 1. The van der Waals surface area contributed by atoms with Gasteiger partial charge >= 0.3 is 0 Å². The van der Waals surface area contributed by atoms with Crippen molar-refractivity contribution in [2.75, 3.05) is 19.6 Å². The van der Waals surface area contributed by atoms with Crippen LogP contribution in [0.2, 0.25) is 0 Å². The lowest BCUT2D eigenvalue weighted by Gasteiger charge is -2.32. The number of aromatic nitrogens is 2. The Morgan fingerprint density at radius 2 is 1.81 bits per heavy atom. The molecule has 6 nitrogen and oxygen atoms in total. The number of nitrogens with zero attached hydrogens (tertiary/aromatic N) is 3. The predicted molar refractivity (Wildman–Crippen MR) is 138 cm³/mol. The van der Waals surface area contributed by atoms with E-state index in [-0.39, 0.29) is 34.4 Å². The van der Waals surface area contributed by atoms with Crippen LogP contribution >= 0.6 is 11.3 Å². The molecule has 1 saturated heterocycles. The van der Waals surface area contributed by atoms with Crippen LogP contribution < -0.4 is 0 Å². The highest BCUT2D eigenvalue weighted by Crippen LogP contribution is 2.68. The highest BCUT2D eigenvalue weighted by atomic mass is 32.1. The number of fused-ring (bicyclic) bond motifs is 3. The van der Waals surface area contributed by atoms with Crippen LogP contribution in [0.1, 0.15) is 73.2 Å². The van der Waals surface area contributed by atoms with Gasteiger partial charge in [-0.15, -0.1) is 11.3 Å². The van der Waals surface area contributed by atoms with Gasteiger partial charge in [-0.25, -0.2) is 9.37 Å². The highest BCUT2D eigenvalue weighted by molar-refractivity contribution is 7.09. The number of H-pyrrole nitrogens is 1. The second-order valence-corrected chi connectivity index (χ2v) is 12.7. The van der Waals surface area contributed by atoms with Gasteiger partial charge in [0, 0.05) is 72.0 Å². The molecule has 1 N–H and O–H groups in total.